The van der Waals surface area contributed by atoms with E-state index in [2.05, 4.69) is 65.9 Å². The van der Waals surface area contributed by atoms with Crippen LogP contribution in [-0.4, -0.2) is 40.1 Å². The summed E-state index contributed by atoms with van der Waals surface area (Å²) >= 11 is 0. The van der Waals surface area contributed by atoms with Gasteiger partial charge in [0.05, 0.1) is 19.1 Å². The first-order chi connectivity index (χ1) is 13.4. The quantitative estimate of drug-likeness (QED) is 0.533. The molecule has 0 saturated heterocycles. The van der Waals surface area contributed by atoms with E-state index in [9.17, 15) is 0 Å². The maximum Gasteiger partial charge on any atom is 0.205 e. The molecule has 0 atom stereocenters. The number of aromatic nitrogens is 8. The third-order valence-corrected chi connectivity index (χ3v) is 4.41. The highest BCUT2D eigenvalue weighted by atomic mass is 15.5. The average molecular weight is 354 g/mol. The van der Waals surface area contributed by atoms with E-state index in [4.69, 9.17) is 0 Å². The van der Waals surface area contributed by atoms with Crippen LogP contribution in [0.3, 0.4) is 0 Å². The number of hydrogen-bond acceptors (Lipinski definition) is 6. The highest BCUT2D eigenvalue weighted by Gasteiger charge is 2.11. The largest absolute Gasteiger partial charge is 0.311 e. The maximum absolute atomic E-state index is 4.34. The van der Waals surface area contributed by atoms with E-state index in [-0.39, 0.29) is 0 Å². The number of nitrogens with one attached hydrogen (secondary N) is 1. The van der Waals surface area contributed by atoms with E-state index in [1.807, 2.05) is 22.8 Å². The lowest BCUT2D eigenvalue weighted by atomic mass is 9.98. The molecule has 8 nitrogen and oxygen atoms in total. The number of tetrazole rings is 1. The summed E-state index contributed by atoms with van der Waals surface area (Å²) in [5.41, 5.74) is 5.88. The Morgan fingerprint density at radius 2 is 1.78 bits per heavy atom. The standard InChI is InChI=1S/C19H14N8/c1-2-4-16(18-23-25-26-24-18)15(3-1)14-7-5-13(6-8-14)10-27-12-22-17-9-20-11-21-19(17)27/h1-9,11-12H,10H2,(H,23,24,25,26). The number of rotatable bonds is 4. The van der Waals surface area contributed by atoms with Crippen LogP contribution < -0.4 is 0 Å². The van der Waals surface area contributed by atoms with Crippen molar-refractivity contribution in [2.45, 2.75) is 6.54 Å². The summed E-state index contributed by atoms with van der Waals surface area (Å²) in [6.45, 7) is 0.695. The predicted octanol–water partition coefficient (Wildman–Crippen LogP) is 2.72. The van der Waals surface area contributed by atoms with Crippen LogP contribution in [0.2, 0.25) is 0 Å². The minimum absolute atomic E-state index is 0.583. The van der Waals surface area contributed by atoms with Crippen LogP contribution in [0.25, 0.3) is 33.7 Å². The van der Waals surface area contributed by atoms with Crippen LogP contribution in [0.4, 0.5) is 0 Å². The van der Waals surface area contributed by atoms with Gasteiger partial charge in [0.2, 0.25) is 5.82 Å². The zero-order valence-corrected chi connectivity index (χ0v) is 14.2. The summed E-state index contributed by atoms with van der Waals surface area (Å²) in [6.07, 6.45) is 5.05. The molecule has 0 unspecified atom stereocenters. The lowest BCUT2D eigenvalue weighted by Gasteiger charge is -2.09. The molecule has 0 saturated carbocycles. The average Bonchev–Trinajstić information content (AvgIpc) is 3.39. The van der Waals surface area contributed by atoms with Gasteiger partial charge in [-0.25, -0.2) is 15.0 Å². The van der Waals surface area contributed by atoms with Crippen LogP contribution in [0.1, 0.15) is 5.56 Å². The second-order valence-corrected chi connectivity index (χ2v) is 6.08. The number of hydrogen-bond donors (Lipinski definition) is 1. The highest BCUT2D eigenvalue weighted by molar-refractivity contribution is 5.80. The molecule has 0 aliphatic heterocycles. The predicted molar refractivity (Wildman–Crippen MR) is 99.5 cm³/mol. The lowest BCUT2D eigenvalue weighted by Crippen LogP contribution is -1.99. The van der Waals surface area contributed by atoms with Crippen LogP contribution in [0, 0.1) is 0 Å². The van der Waals surface area contributed by atoms with E-state index in [1.54, 1.807) is 18.9 Å². The minimum atomic E-state index is 0.583. The van der Waals surface area contributed by atoms with Crippen molar-refractivity contribution in [1.29, 1.82) is 0 Å². The Morgan fingerprint density at radius 1 is 0.926 bits per heavy atom. The van der Waals surface area contributed by atoms with Crippen LogP contribution in [0.5, 0.6) is 0 Å². The molecule has 8 heteroatoms. The Balaban J connectivity index is 1.46. The van der Waals surface area contributed by atoms with Gasteiger partial charge in [-0.15, -0.1) is 10.2 Å². The van der Waals surface area contributed by atoms with Crippen molar-refractivity contribution >= 4 is 11.2 Å². The molecule has 27 heavy (non-hydrogen) atoms. The Morgan fingerprint density at radius 3 is 2.59 bits per heavy atom. The first-order valence-corrected chi connectivity index (χ1v) is 8.41. The van der Waals surface area contributed by atoms with Gasteiger partial charge >= 0.3 is 0 Å². The molecule has 0 aliphatic rings. The molecule has 1 N–H and O–H groups in total. The van der Waals surface area contributed by atoms with E-state index >= 15 is 0 Å². The number of imidazole rings is 1. The highest BCUT2D eigenvalue weighted by Crippen LogP contribution is 2.29. The van der Waals surface area contributed by atoms with Crippen LogP contribution in [-0.2, 0) is 6.54 Å². The Labute approximate surface area is 154 Å². The van der Waals surface area contributed by atoms with Crippen LogP contribution >= 0.6 is 0 Å². The maximum atomic E-state index is 4.34. The molecule has 5 aromatic rings. The molecule has 3 aromatic heterocycles. The zero-order chi connectivity index (χ0) is 18.1. The second-order valence-electron chi connectivity index (χ2n) is 6.08. The minimum Gasteiger partial charge on any atom is -0.311 e. The van der Waals surface area contributed by atoms with E-state index in [1.165, 1.54) is 0 Å². The summed E-state index contributed by atoms with van der Waals surface area (Å²) in [7, 11) is 0. The van der Waals surface area contributed by atoms with Crippen molar-refractivity contribution < 1.29 is 0 Å². The van der Waals surface area contributed by atoms with Gasteiger partial charge in [0.1, 0.15) is 11.8 Å². The molecular weight excluding hydrogens is 340 g/mol. The van der Waals surface area contributed by atoms with Gasteiger partial charge in [0.25, 0.3) is 0 Å². The number of aromatic amines is 1. The summed E-state index contributed by atoms with van der Waals surface area (Å²) in [4.78, 5) is 12.6. The topological polar surface area (TPSA) is 98.1 Å². The van der Waals surface area contributed by atoms with Crippen LogP contribution in [0.15, 0.2) is 67.4 Å². The summed E-state index contributed by atoms with van der Waals surface area (Å²) in [5.74, 6) is 0.583. The number of nitrogens with zero attached hydrogens (tertiary/aromatic N) is 7. The molecule has 0 aliphatic carbocycles. The molecule has 0 bridgehead atoms. The Hall–Kier alpha value is -3.94. The second kappa shape index (κ2) is 6.41. The van der Waals surface area contributed by atoms with E-state index < -0.39 is 0 Å². The normalized spacial score (nSPS) is 11.1. The number of H-pyrrole nitrogens is 1. The van der Waals surface area contributed by atoms with Gasteiger partial charge in [-0.3, -0.25) is 0 Å². The fourth-order valence-corrected chi connectivity index (χ4v) is 3.12. The van der Waals surface area contributed by atoms with Gasteiger partial charge in [0.15, 0.2) is 5.65 Å². The van der Waals surface area contributed by atoms with Crippen molar-refractivity contribution in [2.24, 2.45) is 0 Å². The van der Waals surface area contributed by atoms with Crippen molar-refractivity contribution in [2.75, 3.05) is 0 Å². The van der Waals surface area contributed by atoms with Gasteiger partial charge in [-0.1, -0.05) is 48.5 Å². The number of fused-ring (bicyclic) bond motifs is 1. The molecular formula is C19H14N8. The van der Waals surface area contributed by atoms with Crippen molar-refractivity contribution in [3.05, 3.63) is 72.9 Å². The monoisotopic (exact) mass is 354 g/mol. The molecule has 0 spiro atoms. The third kappa shape index (κ3) is 2.82. The molecule has 130 valence electrons. The van der Waals surface area contributed by atoms with Crippen molar-refractivity contribution in [1.82, 2.24) is 40.1 Å². The molecule has 3 heterocycles. The van der Waals surface area contributed by atoms with E-state index in [0.29, 0.717) is 12.4 Å². The lowest BCUT2D eigenvalue weighted by molar-refractivity contribution is 0.813. The fourth-order valence-electron chi connectivity index (χ4n) is 3.12. The molecule has 5 rings (SSSR count). The van der Waals surface area contributed by atoms with Gasteiger partial charge in [-0.05, 0) is 21.9 Å². The first-order valence-electron chi connectivity index (χ1n) is 8.41. The summed E-state index contributed by atoms with van der Waals surface area (Å²) in [6, 6.07) is 16.4. The summed E-state index contributed by atoms with van der Waals surface area (Å²) < 4.78 is 2.01. The van der Waals surface area contributed by atoms with E-state index in [0.717, 1.165) is 33.4 Å². The zero-order valence-electron chi connectivity index (χ0n) is 14.2. The first kappa shape index (κ1) is 15.3. The van der Waals surface area contributed by atoms with Crippen molar-refractivity contribution in [3.8, 4) is 22.5 Å². The molecule has 0 amide bonds. The smallest absolute Gasteiger partial charge is 0.205 e. The van der Waals surface area contributed by atoms with Gasteiger partial charge in [-0.2, -0.15) is 5.21 Å². The number of benzene rings is 2. The fraction of sp³-hybridized carbons (Fsp3) is 0.0526. The molecule has 0 radical (unpaired) electrons. The van der Waals surface area contributed by atoms with Crippen molar-refractivity contribution in [3.63, 3.8) is 0 Å². The Kier molecular flexibility index (Phi) is 3.64. The third-order valence-electron chi connectivity index (χ3n) is 4.41. The molecule has 0 fully saturated rings. The Bertz CT molecular complexity index is 1190. The van der Waals surface area contributed by atoms with Gasteiger partial charge in [0, 0.05) is 5.56 Å². The van der Waals surface area contributed by atoms with Gasteiger partial charge < -0.3 is 4.57 Å². The molecule has 2 aromatic carbocycles. The SMILES string of the molecule is c1ccc(-c2nn[nH]n2)c(-c2ccc(Cn3cnc4cncnc43)cc2)c1. The summed E-state index contributed by atoms with van der Waals surface area (Å²) in [5, 5.41) is 14.4.